The Kier molecular flexibility index (Phi) is 5.86. The lowest BCUT2D eigenvalue weighted by molar-refractivity contribution is -0.0225. The molecule has 0 radical (unpaired) electrons. The molecular formula is C25H26F2N2O4. The average molecular weight is 456 g/mol. The minimum atomic E-state index is -2.71. The van der Waals surface area contributed by atoms with Crippen molar-refractivity contribution >= 4 is 28.5 Å². The maximum Gasteiger partial charge on any atom is 0.337 e. The van der Waals surface area contributed by atoms with Crippen LogP contribution in [-0.2, 0) is 0 Å². The summed E-state index contributed by atoms with van der Waals surface area (Å²) in [6.45, 7) is 5.58. The fourth-order valence-electron chi connectivity index (χ4n) is 4.32. The molecular weight excluding hydrogens is 430 g/mol. The van der Waals surface area contributed by atoms with Gasteiger partial charge in [0.2, 0.25) is 5.88 Å². The highest BCUT2D eigenvalue weighted by Gasteiger charge is 2.35. The Hall–Kier alpha value is -3.42. The second-order valence-corrected chi connectivity index (χ2v) is 8.65. The van der Waals surface area contributed by atoms with Crippen molar-refractivity contribution in [1.29, 1.82) is 0 Å². The van der Waals surface area contributed by atoms with Gasteiger partial charge in [-0.1, -0.05) is 18.2 Å². The molecule has 3 aromatic rings. The van der Waals surface area contributed by atoms with Gasteiger partial charge in [0.15, 0.2) is 5.43 Å². The molecule has 0 amide bonds. The van der Waals surface area contributed by atoms with Gasteiger partial charge in [0.05, 0.1) is 22.6 Å². The van der Waals surface area contributed by atoms with Gasteiger partial charge in [-0.05, 0) is 44.5 Å². The molecule has 2 aromatic carbocycles. The number of carboxylic acid groups (broad SMARTS) is 1. The lowest BCUT2D eigenvalue weighted by Gasteiger charge is -2.33. The molecule has 1 aliphatic heterocycles. The molecule has 174 valence electrons. The zero-order valence-electron chi connectivity index (χ0n) is 18.7. The van der Waals surface area contributed by atoms with Crippen LogP contribution in [0.1, 0.15) is 52.9 Å². The molecule has 1 atom stereocenters. The topological polar surface area (TPSA) is 82.8 Å². The molecule has 0 spiro atoms. The number of hydrogen-bond donors (Lipinski definition) is 2. The molecule has 1 aliphatic rings. The van der Waals surface area contributed by atoms with E-state index in [-0.39, 0.29) is 36.9 Å². The van der Waals surface area contributed by atoms with Crippen LogP contribution in [0.15, 0.2) is 45.6 Å². The molecule has 8 heteroatoms. The predicted octanol–water partition coefficient (Wildman–Crippen LogP) is 5.52. The van der Waals surface area contributed by atoms with Crippen LogP contribution >= 0.6 is 0 Å². The van der Waals surface area contributed by atoms with Crippen molar-refractivity contribution in [1.82, 2.24) is 0 Å². The Balaban J connectivity index is 1.80. The summed E-state index contributed by atoms with van der Waals surface area (Å²) in [5.41, 5.74) is 2.68. The number of nitrogens with zero attached hydrogens (tertiary/aromatic N) is 1. The molecule has 1 saturated heterocycles. The highest BCUT2D eigenvalue weighted by Crippen LogP contribution is 2.35. The third-order valence-electron chi connectivity index (χ3n) is 6.14. The highest BCUT2D eigenvalue weighted by molar-refractivity contribution is 5.94. The summed E-state index contributed by atoms with van der Waals surface area (Å²) in [4.78, 5) is 26.5. The number of para-hydroxylation sites is 1. The van der Waals surface area contributed by atoms with Gasteiger partial charge in [0.25, 0.3) is 5.92 Å². The van der Waals surface area contributed by atoms with Gasteiger partial charge in [-0.3, -0.25) is 4.79 Å². The number of aromatic carboxylic acids is 1. The summed E-state index contributed by atoms with van der Waals surface area (Å²) < 4.78 is 33.6. The van der Waals surface area contributed by atoms with Gasteiger partial charge >= 0.3 is 5.97 Å². The molecule has 0 unspecified atom stereocenters. The van der Waals surface area contributed by atoms with Gasteiger partial charge in [0, 0.05) is 37.2 Å². The van der Waals surface area contributed by atoms with E-state index in [4.69, 9.17) is 4.42 Å². The molecule has 4 rings (SSSR count). The summed E-state index contributed by atoms with van der Waals surface area (Å²) in [5.74, 6) is -3.45. The van der Waals surface area contributed by atoms with Crippen molar-refractivity contribution < 1.29 is 23.1 Å². The van der Waals surface area contributed by atoms with Crippen molar-refractivity contribution in [2.45, 2.75) is 45.6 Å². The summed E-state index contributed by atoms with van der Waals surface area (Å²) in [6, 6.07) is 9.83. The van der Waals surface area contributed by atoms with E-state index in [1.165, 1.54) is 6.07 Å². The maximum absolute atomic E-state index is 13.7. The van der Waals surface area contributed by atoms with Crippen molar-refractivity contribution in [3.63, 3.8) is 0 Å². The third kappa shape index (κ3) is 4.42. The van der Waals surface area contributed by atoms with E-state index >= 15 is 0 Å². The summed E-state index contributed by atoms with van der Waals surface area (Å²) in [6.07, 6.45) is -0.586. The van der Waals surface area contributed by atoms with Crippen molar-refractivity contribution in [2.24, 2.45) is 0 Å². The number of rotatable bonds is 5. The van der Waals surface area contributed by atoms with Crippen LogP contribution in [0.25, 0.3) is 11.0 Å². The number of alkyl halides is 2. The first-order chi connectivity index (χ1) is 15.6. The monoisotopic (exact) mass is 456 g/mol. The maximum atomic E-state index is 13.7. The number of halogens is 2. The first-order valence-electron chi connectivity index (χ1n) is 10.9. The predicted molar refractivity (Wildman–Crippen MR) is 124 cm³/mol. The number of carboxylic acids is 1. The van der Waals surface area contributed by atoms with Crippen molar-refractivity contribution in [3.8, 4) is 0 Å². The second-order valence-electron chi connectivity index (χ2n) is 8.65. The van der Waals surface area contributed by atoms with Crippen LogP contribution in [0.5, 0.6) is 0 Å². The Bertz CT molecular complexity index is 1280. The summed E-state index contributed by atoms with van der Waals surface area (Å²) in [5, 5.41) is 13.1. The van der Waals surface area contributed by atoms with E-state index in [0.717, 1.165) is 5.56 Å². The third-order valence-corrected chi connectivity index (χ3v) is 6.14. The minimum Gasteiger partial charge on any atom is -0.478 e. The molecule has 0 bridgehead atoms. The number of piperidine rings is 1. The number of anilines is 2. The Labute approximate surface area is 189 Å². The zero-order chi connectivity index (χ0) is 23.9. The van der Waals surface area contributed by atoms with Crippen LogP contribution in [-0.4, -0.2) is 30.1 Å². The number of benzene rings is 2. The van der Waals surface area contributed by atoms with E-state index in [1.807, 2.05) is 19.9 Å². The molecule has 0 aliphatic carbocycles. The number of carbonyl (C=O) groups is 1. The Morgan fingerprint density at radius 2 is 1.85 bits per heavy atom. The Morgan fingerprint density at radius 3 is 2.52 bits per heavy atom. The first kappa shape index (κ1) is 22.8. The highest BCUT2D eigenvalue weighted by atomic mass is 19.3. The summed E-state index contributed by atoms with van der Waals surface area (Å²) in [7, 11) is 0. The molecule has 2 N–H and O–H groups in total. The second kappa shape index (κ2) is 8.50. The molecule has 1 aromatic heterocycles. The van der Waals surface area contributed by atoms with Crippen LogP contribution in [0.4, 0.5) is 20.4 Å². The SMILES string of the molecule is Cc1cc([C@@H](C)Nc2ccccc2C(=O)O)c2oc(N3CCC(F)(F)CC3)c(C)c(=O)c2c1. The lowest BCUT2D eigenvalue weighted by Crippen LogP contribution is -2.40. The lowest BCUT2D eigenvalue weighted by atomic mass is 9.99. The van der Waals surface area contributed by atoms with E-state index in [0.29, 0.717) is 33.7 Å². The quantitative estimate of drug-likeness (QED) is 0.526. The van der Waals surface area contributed by atoms with E-state index in [1.54, 1.807) is 36.1 Å². The first-order valence-corrected chi connectivity index (χ1v) is 10.9. The van der Waals surface area contributed by atoms with Gasteiger partial charge in [0.1, 0.15) is 5.58 Å². The van der Waals surface area contributed by atoms with Crippen LogP contribution < -0.4 is 15.6 Å². The standard InChI is InChI=1S/C25H26F2N2O4/c1-14-12-18(16(3)28-20-7-5-4-6-17(20)24(31)32)22-19(13-14)21(30)15(2)23(33-22)29-10-8-25(26,27)9-11-29/h4-7,12-13,16,28H,8-11H2,1-3H3,(H,31,32)/t16-/m1/s1. The van der Waals surface area contributed by atoms with Crippen LogP contribution in [0, 0.1) is 13.8 Å². The molecule has 6 nitrogen and oxygen atoms in total. The largest absolute Gasteiger partial charge is 0.478 e. The van der Waals surface area contributed by atoms with Crippen LogP contribution in [0.2, 0.25) is 0 Å². The molecule has 1 fully saturated rings. The smallest absolute Gasteiger partial charge is 0.337 e. The molecule has 2 heterocycles. The van der Waals surface area contributed by atoms with Crippen molar-refractivity contribution in [2.75, 3.05) is 23.3 Å². The normalized spacial score (nSPS) is 16.6. The summed E-state index contributed by atoms with van der Waals surface area (Å²) >= 11 is 0. The fourth-order valence-corrected chi connectivity index (χ4v) is 4.32. The van der Waals surface area contributed by atoms with E-state index < -0.39 is 17.9 Å². The number of nitrogens with one attached hydrogen (secondary N) is 1. The van der Waals surface area contributed by atoms with Crippen LogP contribution in [0.3, 0.4) is 0 Å². The van der Waals surface area contributed by atoms with Gasteiger partial charge in [-0.2, -0.15) is 0 Å². The number of hydrogen-bond acceptors (Lipinski definition) is 5. The Morgan fingerprint density at radius 1 is 1.18 bits per heavy atom. The fraction of sp³-hybridized carbons (Fsp3) is 0.360. The average Bonchev–Trinajstić information content (AvgIpc) is 2.76. The van der Waals surface area contributed by atoms with Gasteiger partial charge < -0.3 is 19.7 Å². The number of fused-ring (bicyclic) bond motifs is 1. The van der Waals surface area contributed by atoms with E-state index in [2.05, 4.69) is 5.32 Å². The van der Waals surface area contributed by atoms with Crippen molar-refractivity contribution in [3.05, 3.63) is 68.9 Å². The van der Waals surface area contributed by atoms with Gasteiger partial charge in [-0.25, -0.2) is 13.6 Å². The zero-order valence-corrected chi connectivity index (χ0v) is 18.7. The minimum absolute atomic E-state index is 0.100. The van der Waals surface area contributed by atoms with E-state index in [9.17, 15) is 23.5 Å². The molecule has 0 saturated carbocycles. The van der Waals surface area contributed by atoms with Gasteiger partial charge in [-0.15, -0.1) is 0 Å². The molecule has 33 heavy (non-hydrogen) atoms. The number of aryl methyl sites for hydroxylation is 1.